The summed E-state index contributed by atoms with van der Waals surface area (Å²) < 4.78 is 5.52. The minimum Gasteiger partial charge on any atom is -0.504 e. The van der Waals surface area contributed by atoms with Crippen LogP contribution in [0.1, 0.15) is 15.9 Å². The molecule has 2 rings (SSSR count). The lowest BCUT2D eigenvalue weighted by Crippen LogP contribution is -2.13. The second-order valence-electron chi connectivity index (χ2n) is 4.08. The Bertz CT molecular complexity index is 567. The van der Waals surface area contributed by atoms with E-state index in [4.69, 9.17) is 10.5 Å². The highest BCUT2D eigenvalue weighted by Crippen LogP contribution is 2.27. The summed E-state index contributed by atoms with van der Waals surface area (Å²) in [7, 11) is 0. The Hall–Kier alpha value is -2.33. The summed E-state index contributed by atoms with van der Waals surface area (Å²) in [6.07, 6.45) is 0. The van der Waals surface area contributed by atoms with E-state index in [1.807, 2.05) is 30.3 Å². The predicted molar refractivity (Wildman–Crippen MR) is 72.3 cm³/mol. The van der Waals surface area contributed by atoms with Crippen LogP contribution in [0.15, 0.2) is 48.5 Å². The molecule has 0 heterocycles. The first-order valence-corrected chi connectivity index (χ1v) is 5.93. The number of hydrogen-bond acceptors (Lipinski definition) is 4. The monoisotopic (exact) mass is 257 g/mol. The van der Waals surface area contributed by atoms with Crippen molar-refractivity contribution in [3.05, 3.63) is 59.7 Å². The minimum atomic E-state index is -0.190. The van der Waals surface area contributed by atoms with Crippen molar-refractivity contribution in [2.45, 2.75) is 6.61 Å². The molecule has 0 aliphatic rings. The Morgan fingerprint density at radius 3 is 2.58 bits per heavy atom. The number of phenols is 1. The zero-order valence-corrected chi connectivity index (χ0v) is 10.4. The van der Waals surface area contributed by atoms with Crippen molar-refractivity contribution in [2.24, 2.45) is 5.73 Å². The van der Waals surface area contributed by atoms with Gasteiger partial charge in [0.25, 0.3) is 0 Å². The first-order chi connectivity index (χ1) is 9.20. The summed E-state index contributed by atoms with van der Waals surface area (Å²) >= 11 is 0. The number of carbonyl (C=O) groups is 1. The van der Waals surface area contributed by atoms with Gasteiger partial charge in [-0.15, -0.1) is 0 Å². The molecule has 4 heteroatoms. The summed E-state index contributed by atoms with van der Waals surface area (Å²) in [5, 5.41) is 9.70. The lowest BCUT2D eigenvalue weighted by molar-refractivity contribution is 0.100. The molecule has 0 saturated carbocycles. The van der Waals surface area contributed by atoms with Gasteiger partial charge in [-0.1, -0.05) is 30.3 Å². The molecule has 0 saturated heterocycles. The molecule has 0 aromatic heterocycles. The molecule has 0 atom stereocenters. The van der Waals surface area contributed by atoms with Crippen molar-refractivity contribution >= 4 is 5.78 Å². The van der Waals surface area contributed by atoms with Crippen LogP contribution < -0.4 is 10.5 Å². The molecule has 0 fully saturated rings. The van der Waals surface area contributed by atoms with Crippen LogP contribution in [0.4, 0.5) is 0 Å². The summed E-state index contributed by atoms with van der Waals surface area (Å²) in [4.78, 5) is 11.5. The molecule has 98 valence electrons. The van der Waals surface area contributed by atoms with Crippen LogP contribution in [0.5, 0.6) is 11.5 Å². The van der Waals surface area contributed by atoms with E-state index in [1.165, 1.54) is 18.2 Å². The van der Waals surface area contributed by atoms with Crippen LogP contribution in [0, 0.1) is 0 Å². The Labute approximate surface area is 111 Å². The van der Waals surface area contributed by atoms with E-state index in [9.17, 15) is 9.90 Å². The second kappa shape index (κ2) is 6.02. The minimum absolute atomic E-state index is 0.00417. The van der Waals surface area contributed by atoms with Gasteiger partial charge < -0.3 is 15.6 Å². The summed E-state index contributed by atoms with van der Waals surface area (Å²) in [6, 6.07) is 14.1. The standard InChI is InChI=1S/C15H15NO3/c16-9-14(18)12-6-7-13(17)15(8-12)19-10-11-4-2-1-3-5-11/h1-8,17H,9-10,16H2. The molecule has 19 heavy (non-hydrogen) atoms. The van der Waals surface area contributed by atoms with E-state index in [-0.39, 0.29) is 23.8 Å². The third-order valence-electron chi connectivity index (χ3n) is 2.70. The highest BCUT2D eigenvalue weighted by molar-refractivity contribution is 5.98. The Morgan fingerprint density at radius 2 is 1.89 bits per heavy atom. The molecule has 2 aromatic carbocycles. The zero-order chi connectivity index (χ0) is 13.7. The maximum Gasteiger partial charge on any atom is 0.176 e. The molecule has 3 N–H and O–H groups in total. The van der Waals surface area contributed by atoms with Gasteiger partial charge in [0.2, 0.25) is 0 Å². The topological polar surface area (TPSA) is 72.6 Å². The first-order valence-electron chi connectivity index (χ1n) is 5.93. The maximum atomic E-state index is 11.5. The number of benzene rings is 2. The van der Waals surface area contributed by atoms with Gasteiger partial charge in [-0.25, -0.2) is 0 Å². The van der Waals surface area contributed by atoms with Gasteiger partial charge in [-0.05, 0) is 23.8 Å². The third kappa shape index (κ3) is 3.33. The van der Waals surface area contributed by atoms with Gasteiger partial charge in [0.05, 0.1) is 6.54 Å². The van der Waals surface area contributed by atoms with Crippen LogP contribution in [0.2, 0.25) is 0 Å². The molecular weight excluding hydrogens is 242 g/mol. The van der Waals surface area contributed by atoms with E-state index in [0.717, 1.165) is 5.56 Å². The van der Waals surface area contributed by atoms with Crippen LogP contribution in [0.3, 0.4) is 0 Å². The smallest absolute Gasteiger partial charge is 0.176 e. The lowest BCUT2D eigenvalue weighted by Gasteiger charge is -2.09. The number of phenolic OH excluding ortho intramolecular Hbond substituents is 1. The average Bonchev–Trinajstić information content (AvgIpc) is 2.46. The molecule has 0 aliphatic carbocycles. The SMILES string of the molecule is NCC(=O)c1ccc(O)c(OCc2ccccc2)c1. The summed E-state index contributed by atoms with van der Waals surface area (Å²) in [6.45, 7) is 0.261. The summed E-state index contributed by atoms with van der Waals surface area (Å²) in [5.41, 5.74) is 6.72. The largest absolute Gasteiger partial charge is 0.504 e. The highest BCUT2D eigenvalue weighted by Gasteiger charge is 2.09. The second-order valence-corrected chi connectivity index (χ2v) is 4.08. The molecule has 0 aliphatic heterocycles. The van der Waals surface area contributed by atoms with Crippen LogP contribution in [-0.4, -0.2) is 17.4 Å². The normalized spacial score (nSPS) is 10.2. The van der Waals surface area contributed by atoms with Crippen molar-refractivity contribution in [1.82, 2.24) is 0 Å². The Kier molecular flexibility index (Phi) is 4.15. The Balaban J connectivity index is 2.13. The molecule has 0 radical (unpaired) electrons. The molecule has 4 nitrogen and oxygen atoms in total. The van der Waals surface area contributed by atoms with Crippen LogP contribution in [0.25, 0.3) is 0 Å². The number of nitrogens with two attached hydrogens (primary N) is 1. The highest BCUT2D eigenvalue weighted by atomic mass is 16.5. The fraction of sp³-hybridized carbons (Fsp3) is 0.133. The van der Waals surface area contributed by atoms with Crippen molar-refractivity contribution in [1.29, 1.82) is 0 Å². The first kappa shape index (κ1) is 13.1. The fourth-order valence-electron chi connectivity index (χ4n) is 1.66. The van der Waals surface area contributed by atoms with E-state index in [0.29, 0.717) is 12.2 Å². The number of hydrogen-bond donors (Lipinski definition) is 2. The van der Waals surface area contributed by atoms with Crippen molar-refractivity contribution in [3.63, 3.8) is 0 Å². The molecule has 0 amide bonds. The van der Waals surface area contributed by atoms with Gasteiger partial charge in [0.15, 0.2) is 17.3 Å². The molecular formula is C15H15NO3. The maximum absolute atomic E-state index is 11.5. The van der Waals surface area contributed by atoms with E-state index >= 15 is 0 Å². The lowest BCUT2D eigenvalue weighted by atomic mass is 10.1. The van der Waals surface area contributed by atoms with Crippen LogP contribution >= 0.6 is 0 Å². The number of rotatable bonds is 5. The van der Waals surface area contributed by atoms with E-state index < -0.39 is 0 Å². The van der Waals surface area contributed by atoms with Gasteiger partial charge in [0.1, 0.15) is 6.61 Å². The van der Waals surface area contributed by atoms with Gasteiger partial charge in [-0.2, -0.15) is 0 Å². The number of ether oxygens (including phenoxy) is 1. The van der Waals surface area contributed by atoms with Crippen molar-refractivity contribution in [3.8, 4) is 11.5 Å². The zero-order valence-electron chi connectivity index (χ0n) is 10.4. The van der Waals surface area contributed by atoms with Gasteiger partial charge >= 0.3 is 0 Å². The van der Waals surface area contributed by atoms with Gasteiger partial charge in [-0.3, -0.25) is 4.79 Å². The molecule has 0 unspecified atom stereocenters. The molecule has 0 bridgehead atoms. The van der Waals surface area contributed by atoms with E-state index in [2.05, 4.69) is 0 Å². The molecule has 2 aromatic rings. The van der Waals surface area contributed by atoms with E-state index in [1.54, 1.807) is 0 Å². The van der Waals surface area contributed by atoms with Gasteiger partial charge in [0, 0.05) is 5.56 Å². The van der Waals surface area contributed by atoms with Crippen molar-refractivity contribution in [2.75, 3.05) is 6.54 Å². The Morgan fingerprint density at radius 1 is 1.16 bits per heavy atom. The van der Waals surface area contributed by atoms with Crippen molar-refractivity contribution < 1.29 is 14.6 Å². The third-order valence-corrected chi connectivity index (χ3v) is 2.70. The average molecular weight is 257 g/mol. The number of ketones is 1. The number of aromatic hydroxyl groups is 1. The number of carbonyl (C=O) groups excluding carboxylic acids is 1. The predicted octanol–water partition coefficient (Wildman–Crippen LogP) is 2.11. The van der Waals surface area contributed by atoms with Crippen LogP contribution in [-0.2, 0) is 6.61 Å². The summed E-state index contributed by atoms with van der Waals surface area (Å²) in [5.74, 6) is 0.0946. The fourth-order valence-corrected chi connectivity index (χ4v) is 1.66. The number of Topliss-reactive ketones (excluding diaryl/α,β-unsaturated/α-hetero) is 1. The quantitative estimate of drug-likeness (QED) is 0.805. The molecule has 0 spiro atoms.